The molecule has 3 N–H and O–H groups in total. The first-order chi connectivity index (χ1) is 13.4. The largest absolute Gasteiger partial charge is 0.493 e. The molecule has 0 saturated heterocycles. The van der Waals surface area contributed by atoms with E-state index < -0.39 is 5.54 Å². The Labute approximate surface area is 164 Å². The van der Waals surface area contributed by atoms with E-state index in [1.807, 2.05) is 25.1 Å². The molecule has 28 heavy (non-hydrogen) atoms. The van der Waals surface area contributed by atoms with E-state index in [4.69, 9.17) is 15.2 Å². The summed E-state index contributed by atoms with van der Waals surface area (Å²) in [6, 6.07) is 6.06. The van der Waals surface area contributed by atoms with Crippen LogP contribution in [0.2, 0.25) is 0 Å². The number of nitrogens with two attached hydrogens (primary N) is 1. The fourth-order valence-electron chi connectivity index (χ4n) is 3.81. The molecule has 0 radical (unpaired) electrons. The second-order valence-electron chi connectivity index (χ2n) is 7.99. The Kier molecular flexibility index (Phi) is 4.71. The van der Waals surface area contributed by atoms with Crippen LogP contribution in [-0.4, -0.2) is 28.0 Å². The third kappa shape index (κ3) is 3.54. The second-order valence-corrected chi connectivity index (χ2v) is 7.99. The van der Waals surface area contributed by atoms with Crippen molar-refractivity contribution in [1.29, 1.82) is 0 Å². The molecule has 1 unspecified atom stereocenters. The zero-order valence-corrected chi connectivity index (χ0v) is 16.3. The second kappa shape index (κ2) is 7.05. The van der Waals surface area contributed by atoms with Crippen molar-refractivity contribution in [3.8, 4) is 17.5 Å². The van der Waals surface area contributed by atoms with E-state index in [-0.39, 0.29) is 17.3 Å². The van der Waals surface area contributed by atoms with Gasteiger partial charge < -0.3 is 20.5 Å². The number of anilines is 1. The fraction of sp³-hybridized carbons (Fsp3) is 0.476. The summed E-state index contributed by atoms with van der Waals surface area (Å²) in [5.74, 6) is 1.38. The van der Waals surface area contributed by atoms with Crippen LogP contribution in [0, 0.1) is 0 Å². The lowest BCUT2D eigenvalue weighted by Gasteiger charge is -2.27. The molecule has 1 aliphatic carbocycles. The summed E-state index contributed by atoms with van der Waals surface area (Å²) < 4.78 is 11.8. The summed E-state index contributed by atoms with van der Waals surface area (Å²) in [6.45, 7) is 4.46. The van der Waals surface area contributed by atoms with Crippen LogP contribution in [0.1, 0.15) is 51.5 Å². The number of aromatic nitrogens is 2. The third-order valence-corrected chi connectivity index (χ3v) is 5.59. The number of hydrogen-bond donors (Lipinski definition) is 2. The molecule has 1 saturated carbocycles. The summed E-state index contributed by atoms with van der Waals surface area (Å²) in [5.41, 5.74) is 6.93. The first-order valence-corrected chi connectivity index (χ1v) is 9.80. The van der Waals surface area contributed by atoms with Gasteiger partial charge in [0.2, 0.25) is 5.91 Å². The van der Waals surface area contributed by atoms with E-state index >= 15 is 0 Å². The van der Waals surface area contributed by atoms with E-state index in [2.05, 4.69) is 15.3 Å². The molecule has 1 atom stereocenters. The highest BCUT2D eigenvalue weighted by atomic mass is 16.5. The summed E-state index contributed by atoms with van der Waals surface area (Å²) in [6.07, 6.45) is 7.82. The Morgan fingerprint density at radius 3 is 2.75 bits per heavy atom. The smallest absolute Gasteiger partial charge is 0.322 e. The van der Waals surface area contributed by atoms with Gasteiger partial charge in [0, 0.05) is 11.0 Å². The van der Waals surface area contributed by atoms with Gasteiger partial charge in [-0.1, -0.05) is 19.4 Å². The zero-order valence-electron chi connectivity index (χ0n) is 16.3. The van der Waals surface area contributed by atoms with E-state index in [9.17, 15) is 4.79 Å². The van der Waals surface area contributed by atoms with Gasteiger partial charge in [-0.3, -0.25) is 4.79 Å². The number of benzene rings is 1. The number of amides is 1. The number of nitrogens with zero attached hydrogens (tertiary/aromatic N) is 2. The SMILES string of the molecule is CCCC(C)(N)C(=O)Nc1cnc(Oc2cccc3c2C2(CCO3)CC2)nc1. The first-order valence-electron chi connectivity index (χ1n) is 9.80. The summed E-state index contributed by atoms with van der Waals surface area (Å²) in [5, 5.41) is 2.77. The van der Waals surface area contributed by atoms with Crippen LogP contribution in [-0.2, 0) is 10.2 Å². The molecule has 1 spiro atoms. The molecule has 1 amide bonds. The van der Waals surface area contributed by atoms with Crippen molar-refractivity contribution in [3.63, 3.8) is 0 Å². The van der Waals surface area contributed by atoms with Gasteiger partial charge >= 0.3 is 6.01 Å². The minimum atomic E-state index is -0.925. The van der Waals surface area contributed by atoms with Gasteiger partial charge in [0.25, 0.3) is 0 Å². The molecule has 4 rings (SSSR count). The minimum Gasteiger partial charge on any atom is -0.493 e. The molecule has 1 aromatic carbocycles. The van der Waals surface area contributed by atoms with Crippen molar-refractivity contribution in [3.05, 3.63) is 36.2 Å². The third-order valence-electron chi connectivity index (χ3n) is 5.59. The molecular weight excluding hydrogens is 356 g/mol. The monoisotopic (exact) mass is 382 g/mol. The van der Waals surface area contributed by atoms with Crippen LogP contribution in [0.25, 0.3) is 0 Å². The van der Waals surface area contributed by atoms with Gasteiger partial charge in [-0.05, 0) is 44.7 Å². The fourth-order valence-corrected chi connectivity index (χ4v) is 3.81. The maximum Gasteiger partial charge on any atom is 0.322 e. The number of carbonyl (C=O) groups excluding carboxylic acids is 1. The number of carbonyl (C=O) groups is 1. The highest BCUT2D eigenvalue weighted by Gasteiger charge is 2.49. The van der Waals surface area contributed by atoms with Crippen LogP contribution in [0.4, 0.5) is 5.69 Å². The minimum absolute atomic E-state index is 0.183. The van der Waals surface area contributed by atoms with Crippen molar-refractivity contribution < 1.29 is 14.3 Å². The number of hydrogen-bond acceptors (Lipinski definition) is 6. The topological polar surface area (TPSA) is 99.4 Å². The van der Waals surface area contributed by atoms with E-state index in [1.54, 1.807) is 6.92 Å². The van der Waals surface area contributed by atoms with E-state index in [0.717, 1.165) is 49.4 Å². The number of rotatable bonds is 6. The molecule has 1 aromatic heterocycles. The van der Waals surface area contributed by atoms with Crippen LogP contribution < -0.4 is 20.5 Å². The summed E-state index contributed by atoms with van der Waals surface area (Å²) in [7, 11) is 0. The molecule has 2 aliphatic rings. The quantitative estimate of drug-likeness (QED) is 0.793. The van der Waals surface area contributed by atoms with Gasteiger partial charge in [-0.15, -0.1) is 0 Å². The lowest BCUT2D eigenvalue weighted by Crippen LogP contribution is -2.48. The van der Waals surface area contributed by atoms with Crippen molar-refractivity contribution in [1.82, 2.24) is 9.97 Å². The van der Waals surface area contributed by atoms with Gasteiger partial charge in [0.1, 0.15) is 11.5 Å². The number of nitrogens with one attached hydrogen (secondary N) is 1. The molecule has 2 aromatic rings. The van der Waals surface area contributed by atoms with Crippen molar-refractivity contribution >= 4 is 11.6 Å². The van der Waals surface area contributed by atoms with Crippen LogP contribution >= 0.6 is 0 Å². The molecule has 7 heteroatoms. The van der Waals surface area contributed by atoms with Crippen molar-refractivity contribution in [2.75, 3.05) is 11.9 Å². The van der Waals surface area contributed by atoms with Crippen LogP contribution in [0.15, 0.2) is 30.6 Å². The number of fused-ring (bicyclic) bond motifs is 2. The Balaban J connectivity index is 1.49. The molecule has 1 fully saturated rings. The highest BCUT2D eigenvalue weighted by Crippen LogP contribution is 2.59. The predicted molar refractivity (Wildman–Crippen MR) is 106 cm³/mol. The highest BCUT2D eigenvalue weighted by molar-refractivity contribution is 5.97. The average molecular weight is 382 g/mol. The van der Waals surface area contributed by atoms with Gasteiger partial charge in [0.15, 0.2) is 0 Å². The Bertz CT molecular complexity index is 876. The van der Waals surface area contributed by atoms with E-state index in [0.29, 0.717) is 12.1 Å². The van der Waals surface area contributed by atoms with Crippen molar-refractivity contribution in [2.24, 2.45) is 5.73 Å². The normalized spacial score (nSPS) is 18.5. The predicted octanol–water partition coefficient (Wildman–Crippen LogP) is 3.54. The van der Waals surface area contributed by atoms with Crippen LogP contribution in [0.3, 0.4) is 0 Å². The molecule has 7 nitrogen and oxygen atoms in total. The van der Waals surface area contributed by atoms with Gasteiger partial charge in [0.05, 0.1) is 30.2 Å². The zero-order chi connectivity index (χ0) is 19.8. The molecule has 0 bridgehead atoms. The summed E-state index contributed by atoms with van der Waals surface area (Å²) >= 11 is 0. The Morgan fingerprint density at radius 1 is 1.32 bits per heavy atom. The van der Waals surface area contributed by atoms with Gasteiger partial charge in [-0.25, -0.2) is 9.97 Å². The first kappa shape index (κ1) is 18.7. The molecular formula is C21H26N4O3. The lowest BCUT2D eigenvalue weighted by atomic mass is 9.89. The molecule has 1 aliphatic heterocycles. The summed E-state index contributed by atoms with van der Waals surface area (Å²) in [4.78, 5) is 20.8. The lowest BCUT2D eigenvalue weighted by molar-refractivity contribution is -0.120. The van der Waals surface area contributed by atoms with Crippen LogP contribution in [0.5, 0.6) is 17.5 Å². The Morgan fingerprint density at radius 2 is 2.07 bits per heavy atom. The van der Waals surface area contributed by atoms with Crippen molar-refractivity contribution in [2.45, 2.75) is 56.9 Å². The maximum absolute atomic E-state index is 12.3. The molecule has 2 heterocycles. The average Bonchev–Trinajstić information content (AvgIpc) is 3.43. The standard InChI is InChI=1S/C21H26N4O3/c1-3-7-20(2,22)18(26)25-14-12-23-19(24-13-14)28-16-6-4-5-15-17(16)21(8-9-21)10-11-27-15/h4-6,12-13H,3,7-11,22H2,1-2H3,(H,25,26). The van der Waals surface area contributed by atoms with Gasteiger partial charge in [-0.2, -0.15) is 0 Å². The maximum atomic E-state index is 12.3. The molecule has 148 valence electrons. The number of ether oxygens (including phenoxy) is 2. The Hall–Kier alpha value is -2.67. The van der Waals surface area contributed by atoms with E-state index in [1.165, 1.54) is 12.4 Å².